The number of hydrogen-bond donors (Lipinski definition) is 0. The third kappa shape index (κ3) is 4.57. The molecule has 1 nitrogen and oxygen atoms in total. The van der Waals surface area contributed by atoms with Crippen LogP contribution >= 0.6 is 0 Å². The van der Waals surface area contributed by atoms with Crippen LogP contribution in [0.1, 0.15) is 94.9 Å². The smallest absolute Gasteiger partial charge is 0.0240 e. The second-order valence-corrected chi connectivity index (χ2v) is 9.89. The van der Waals surface area contributed by atoms with Gasteiger partial charge in [0.15, 0.2) is 0 Å². The fourth-order valence-electron chi connectivity index (χ4n) is 5.44. The molecule has 0 aromatic heterocycles. The van der Waals surface area contributed by atoms with Crippen LogP contribution in [0, 0.1) is 35.5 Å². The number of likely N-dealkylation sites (tertiary alicyclic amines) is 1. The zero-order valence-corrected chi connectivity index (χ0v) is 18.5. The molecule has 0 saturated carbocycles. The lowest BCUT2D eigenvalue weighted by molar-refractivity contribution is 0.0259. The van der Waals surface area contributed by atoms with Crippen LogP contribution in [0.2, 0.25) is 0 Å². The van der Waals surface area contributed by atoms with Crippen molar-refractivity contribution in [2.24, 2.45) is 35.5 Å². The Bertz CT molecular complexity index is 355. The minimum absolute atomic E-state index is 0.354. The fraction of sp³-hybridized carbons (Fsp3) is 1.00. The average Bonchev–Trinajstić information content (AvgIpc) is 2.68. The van der Waals surface area contributed by atoms with E-state index < -0.39 is 0 Å². The third-order valence-electron chi connectivity index (χ3n) is 7.90. The average molecular weight is 338 g/mol. The lowest BCUT2D eigenvalue weighted by Crippen LogP contribution is -2.53. The maximum atomic E-state index is 2.90. The van der Waals surface area contributed by atoms with Crippen molar-refractivity contribution in [2.45, 2.75) is 107 Å². The van der Waals surface area contributed by atoms with Gasteiger partial charge in [-0.25, -0.2) is 0 Å². The van der Waals surface area contributed by atoms with Crippen molar-refractivity contribution in [1.82, 2.24) is 4.90 Å². The highest BCUT2D eigenvalue weighted by molar-refractivity contribution is 5.06. The second-order valence-electron chi connectivity index (χ2n) is 9.89. The van der Waals surface area contributed by atoms with Crippen molar-refractivity contribution in [2.75, 3.05) is 6.54 Å². The molecule has 6 unspecified atom stereocenters. The standard InChI is InChI=1S/C23H47N/c1-11-22(15-16(2)3)13-12-14-24-21(9)18(6)20(8)23(24,10)19(7)17(4)5/h16-22H,11-15H2,1-10H3. The lowest BCUT2D eigenvalue weighted by atomic mass is 9.70. The van der Waals surface area contributed by atoms with Crippen LogP contribution in [0.3, 0.4) is 0 Å². The number of nitrogens with zero attached hydrogens (tertiary/aromatic N) is 1. The molecule has 0 aromatic rings. The summed E-state index contributed by atoms with van der Waals surface area (Å²) in [5.41, 5.74) is 0.354. The first kappa shape index (κ1) is 22.0. The van der Waals surface area contributed by atoms with Crippen LogP contribution in [0.15, 0.2) is 0 Å². The Morgan fingerprint density at radius 2 is 1.58 bits per heavy atom. The molecule has 0 radical (unpaired) electrons. The first-order valence-corrected chi connectivity index (χ1v) is 10.8. The van der Waals surface area contributed by atoms with E-state index in [0.717, 1.165) is 41.5 Å². The maximum absolute atomic E-state index is 2.90. The van der Waals surface area contributed by atoms with Gasteiger partial charge in [0.2, 0.25) is 0 Å². The van der Waals surface area contributed by atoms with Crippen LogP contribution in [-0.2, 0) is 0 Å². The van der Waals surface area contributed by atoms with E-state index in [0.29, 0.717) is 5.54 Å². The van der Waals surface area contributed by atoms with E-state index in [1.807, 2.05) is 0 Å². The molecule has 0 spiro atoms. The third-order valence-corrected chi connectivity index (χ3v) is 7.90. The first-order chi connectivity index (χ1) is 11.1. The first-order valence-electron chi connectivity index (χ1n) is 10.8. The monoisotopic (exact) mass is 337 g/mol. The highest BCUT2D eigenvalue weighted by Gasteiger charge is 2.53. The van der Waals surface area contributed by atoms with Crippen LogP contribution in [-0.4, -0.2) is 23.0 Å². The van der Waals surface area contributed by atoms with Gasteiger partial charge < -0.3 is 0 Å². The summed E-state index contributed by atoms with van der Waals surface area (Å²) in [7, 11) is 0. The molecule has 6 atom stereocenters. The molecule has 1 heteroatoms. The summed E-state index contributed by atoms with van der Waals surface area (Å²) in [5.74, 6) is 4.84. The van der Waals surface area contributed by atoms with Gasteiger partial charge in [-0.1, -0.05) is 61.8 Å². The largest absolute Gasteiger partial charge is 0.294 e. The summed E-state index contributed by atoms with van der Waals surface area (Å²) >= 11 is 0. The van der Waals surface area contributed by atoms with Crippen molar-refractivity contribution in [3.8, 4) is 0 Å². The molecule has 24 heavy (non-hydrogen) atoms. The molecule has 0 amide bonds. The molecule has 0 N–H and O–H groups in total. The van der Waals surface area contributed by atoms with Gasteiger partial charge in [0.1, 0.15) is 0 Å². The molecule has 1 aliphatic heterocycles. The maximum Gasteiger partial charge on any atom is 0.0240 e. The van der Waals surface area contributed by atoms with Gasteiger partial charge in [-0.05, 0) is 75.2 Å². The molecule has 0 aliphatic carbocycles. The Hall–Kier alpha value is -0.0400. The van der Waals surface area contributed by atoms with Crippen LogP contribution in [0.25, 0.3) is 0 Å². The SMILES string of the molecule is CCC(CCCN1C(C)C(C)C(C)C1(C)C(C)C(C)C)CC(C)C. The minimum atomic E-state index is 0.354. The van der Waals surface area contributed by atoms with Gasteiger partial charge >= 0.3 is 0 Å². The molecular formula is C23H47N. The van der Waals surface area contributed by atoms with Gasteiger partial charge in [-0.2, -0.15) is 0 Å². The zero-order valence-electron chi connectivity index (χ0n) is 18.5. The Morgan fingerprint density at radius 1 is 1.00 bits per heavy atom. The summed E-state index contributed by atoms with van der Waals surface area (Å²) in [6, 6.07) is 0.719. The van der Waals surface area contributed by atoms with Gasteiger partial charge in [0, 0.05) is 11.6 Å². The molecule has 1 rings (SSSR count). The van der Waals surface area contributed by atoms with Crippen LogP contribution in [0.4, 0.5) is 0 Å². The van der Waals surface area contributed by atoms with Crippen molar-refractivity contribution in [3.05, 3.63) is 0 Å². The van der Waals surface area contributed by atoms with Crippen molar-refractivity contribution in [3.63, 3.8) is 0 Å². The lowest BCUT2D eigenvalue weighted by Gasteiger charge is -2.46. The highest BCUT2D eigenvalue weighted by Crippen LogP contribution is 2.48. The topological polar surface area (TPSA) is 3.24 Å². The van der Waals surface area contributed by atoms with E-state index in [2.05, 4.69) is 74.1 Å². The van der Waals surface area contributed by atoms with E-state index in [1.54, 1.807) is 0 Å². The molecule has 1 saturated heterocycles. The highest BCUT2D eigenvalue weighted by atomic mass is 15.3. The van der Waals surface area contributed by atoms with Crippen LogP contribution < -0.4 is 0 Å². The predicted molar refractivity (Wildman–Crippen MR) is 109 cm³/mol. The van der Waals surface area contributed by atoms with Gasteiger partial charge in [0.05, 0.1) is 0 Å². The van der Waals surface area contributed by atoms with Crippen molar-refractivity contribution in [1.29, 1.82) is 0 Å². The summed E-state index contributed by atoms with van der Waals surface area (Å²) in [6.45, 7) is 25.7. The van der Waals surface area contributed by atoms with E-state index in [-0.39, 0.29) is 0 Å². The summed E-state index contributed by atoms with van der Waals surface area (Å²) in [4.78, 5) is 2.90. The van der Waals surface area contributed by atoms with E-state index in [1.165, 1.54) is 32.2 Å². The zero-order chi connectivity index (χ0) is 18.7. The molecular weight excluding hydrogens is 290 g/mol. The molecule has 1 aliphatic rings. The number of rotatable bonds is 9. The Balaban J connectivity index is 2.79. The van der Waals surface area contributed by atoms with Gasteiger partial charge in [-0.3, -0.25) is 4.90 Å². The van der Waals surface area contributed by atoms with Crippen molar-refractivity contribution < 1.29 is 0 Å². The van der Waals surface area contributed by atoms with Crippen LogP contribution in [0.5, 0.6) is 0 Å². The van der Waals surface area contributed by atoms with Gasteiger partial charge in [0.25, 0.3) is 0 Å². The second kappa shape index (κ2) is 9.06. The molecule has 1 heterocycles. The Morgan fingerprint density at radius 3 is 2.04 bits per heavy atom. The summed E-state index contributed by atoms with van der Waals surface area (Å²) in [5, 5.41) is 0. The fourth-order valence-corrected chi connectivity index (χ4v) is 5.44. The number of hydrogen-bond acceptors (Lipinski definition) is 1. The molecule has 0 aromatic carbocycles. The van der Waals surface area contributed by atoms with Gasteiger partial charge in [-0.15, -0.1) is 0 Å². The van der Waals surface area contributed by atoms with E-state index >= 15 is 0 Å². The molecule has 1 fully saturated rings. The quantitative estimate of drug-likeness (QED) is 0.444. The Kier molecular flexibility index (Phi) is 8.30. The minimum Gasteiger partial charge on any atom is -0.294 e. The summed E-state index contributed by atoms with van der Waals surface area (Å²) < 4.78 is 0. The van der Waals surface area contributed by atoms with E-state index in [9.17, 15) is 0 Å². The molecule has 144 valence electrons. The van der Waals surface area contributed by atoms with E-state index in [4.69, 9.17) is 0 Å². The Labute approximate surface area is 154 Å². The summed E-state index contributed by atoms with van der Waals surface area (Å²) in [6.07, 6.45) is 5.53. The molecule has 0 bridgehead atoms. The normalized spacial score (nSPS) is 34.2. The van der Waals surface area contributed by atoms with Crippen molar-refractivity contribution >= 4 is 0 Å². The predicted octanol–water partition coefficient (Wildman–Crippen LogP) is 6.87.